The molecule has 1 amide bonds. The van der Waals surface area contributed by atoms with Gasteiger partial charge in [0.15, 0.2) is 5.15 Å². The summed E-state index contributed by atoms with van der Waals surface area (Å²) in [6, 6.07) is 10.8. The first kappa shape index (κ1) is 14.1. The van der Waals surface area contributed by atoms with E-state index < -0.39 is 0 Å². The van der Waals surface area contributed by atoms with E-state index in [0.717, 1.165) is 11.3 Å². The monoisotopic (exact) mass is 288 g/mol. The molecular formula is C15H13ClN2O2. The predicted molar refractivity (Wildman–Crippen MR) is 79.9 cm³/mol. The highest BCUT2D eigenvalue weighted by Gasteiger charge is 2.02. The van der Waals surface area contributed by atoms with Gasteiger partial charge in [-0.25, -0.2) is 4.98 Å². The molecule has 0 fully saturated rings. The number of methoxy groups -OCH3 is 1. The zero-order chi connectivity index (χ0) is 14.4. The number of nitrogens with one attached hydrogen (secondary N) is 1. The average molecular weight is 289 g/mol. The Hall–Kier alpha value is -2.33. The number of hydrogen-bond acceptors (Lipinski definition) is 3. The maximum Gasteiger partial charge on any atom is 0.248 e. The number of ether oxygens (including phenoxy) is 1. The van der Waals surface area contributed by atoms with Gasteiger partial charge in [-0.05, 0) is 35.9 Å². The molecule has 0 unspecified atom stereocenters. The van der Waals surface area contributed by atoms with Crippen LogP contribution in [0.4, 0.5) is 5.69 Å². The van der Waals surface area contributed by atoms with Crippen LogP contribution in [0.25, 0.3) is 6.08 Å². The van der Waals surface area contributed by atoms with Gasteiger partial charge in [0.1, 0.15) is 5.75 Å². The number of aromatic nitrogens is 1. The second kappa shape index (κ2) is 6.73. The summed E-state index contributed by atoms with van der Waals surface area (Å²) in [6.45, 7) is 0. The van der Waals surface area contributed by atoms with E-state index in [-0.39, 0.29) is 11.1 Å². The molecule has 0 aliphatic carbocycles. The molecule has 2 aromatic rings. The average Bonchev–Trinajstić information content (AvgIpc) is 2.48. The molecule has 20 heavy (non-hydrogen) atoms. The number of halogens is 1. The molecule has 0 spiro atoms. The summed E-state index contributed by atoms with van der Waals surface area (Å²) in [7, 11) is 1.60. The van der Waals surface area contributed by atoms with Gasteiger partial charge >= 0.3 is 0 Å². The molecule has 4 nitrogen and oxygen atoms in total. The molecule has 1 aromatic carbocycles. The molecule has 2 rings (SSSR count). The van der Waals surface area contributed by atoms with Gasteiger partial charge in [-0.15, -0.1) is 0 Å². The van der Waals surface area contributed by atoms with Crippen molar-refractivity contribution in [3.63, 3.8) is 0 Å². The third kappa shape index (κ3) is 3.83. The van der Waals surface area contributed by atoms with E-state index in [1.54, 1.807) is 31.5 Å². The highest BCUT2D eigenvalue weighted by atomic mass is 35.5. The lowest BCUT2D eigenvalue weighted by Gasteiger charge is -2.03. The highest BCUT2D eigenvalue weighted by molar-refractivity contribution is 6.32. The molecule has 1 aromatic heterocycles. The summed E-state index contributed by atoms with van der Waals surface area (Å²) in [4.78, 5) is 15.7. The first-order valence-electron chi connectivity index (χ1n) is 5.92. The lowest BCUT2D eigenvalue weighted by molar-refractivity contribution is -0.111. The van der Waals surface area contributed by atoms with Crippen LogP contribution in [0.3, 0.4) is 0 Å². The van der Waals surface area contributed by atoms with E-state index in [9.17, 15) is 4.79 Å². The van der Waals surface area contributed by atoms with Gasteiger partial charge in [0.2, 0.25) is 5.91 Å². The quantitative estimate of drug-likeness (QED) is 0.693. The number of carbonyl (C=O) groups excluding carboxylic acids is 1. The predicted octanol–water partition coefficient (Wildman–Crippen LogP) is 3.40. The van der Waals surface area contributed by atoms with Crippen LogP contribution in [-0.2, 0) is 4.79 Å². The summed E-state index contributed by atoms with van der Waals surface area (Å²) >= 11 is 5.86. The number of carbonyl (C=O) groups is 1. The van der Waals surface area contributed by atoms with Gasteiger partial charge in [-0.1, -0.05) is 23.7 Å². The van der Waals surface area contributed by atoms with Gasteiger partial charge in [-0.3, -0.25) is 4.79 Å². The van der Waals surface area contributed by atoms with E-state index in [4.69, 9.17) is 16.3 Å². The molecule has 5 heteroatoms. The lowest BCUT2D eigenvalue weighted by atomic mass is 10.2. The Kier molecular flexibility index (Phi) is 4.74. The molecule has 0 radical (unpaired) electrons. The Bertz CT molecular complexity index is 641. The minimum absolute atomic E-state index is 0.260. The van der Waals surface area contributed by atoms with Crippen molar-refractivity contribution in [3.8, 4) is 5.75 Å². The minimum atomic E-state index is -0.275. The van der Waals surface area contributed by atoms with Crippen molar-refractivity contribution in [2.24, 2.45) is 0 Å². The van der Waals surface area contributed by atoms with Crippen LogP contribution in [0.2, 0.25) is 5.15 Å². The summed E-state index contributed by atoms with van der Waals surface area (Å²) in [5.41, 5.74) is 1.35. The topological polar surface area (TPSA) is 51.2 Å². The first-order chi connectivity index (χ1) is 9.69. The van der Waals surface area contributed by atoms with Crippen LogP contribution in [0.5, 0.6) is 5.75 Å². The Balaban J connectivity index is 2.04. The molecule has 0 aliphatic rings. The molecule has 0 saturated heterocycles. The van der Waals surface area contributed by atoms with Gasteiger partial charge in [0, 0.05) is 12.3 Å². The second-order valence-electron chi connectivity index (χ2n) is 3.94. The van der Waals surface area contributed by atoms with E-state index in [2.05, 4.69) is 10.3 Å². The first-order valence-corrected chi connectivity index (χ1v) is 6.30. The zero-order valence-electron chi connectivity index (χ0n) is 10.8. The van der Waals surface area contributed by atoms with Crippen molar-refractivity contribution >= 4 is 29.3 Å². The fourth-order valence-corrected chi connectivity index (χ4v) is 1.74. The molecule has 102 valence electrons. The Labute approximate surface area is 122 Å². The van der Waals surface area contributed by atoms with Crippen molar-refractivity contribution in [2.45, 2.75) is 0 Å². The number of amides is 1. The van der Waals surface area contributed by atoms with Gasteiger partial charge in [-0.2, -0.15) is 0 Å². The third-order valence-corrected chi connectivity index (χ3v) is 2.84. The van der Waals surface area contributed by atoms with E-state index in [1.165, 1.54) is 6.08 Å². The van der Waals surface area contributed by atoms with Crippen LogP contribution in [0.15, 0.2) is 48.7 Å². The van der Waals surface area contributed by atoms with Crippen LogP contribution in [0, 0.1) is 0 Å². The molecule has 0 atom stereocenters. The lowest BCUT2D eigenvalue weighted by Crippen LogP contribution is -2.08. The van der Waals surface area contributed by atoms with Crippen molar-refractivity contribution < 1.29 is 9.53 Å². The number of benzene rings is 1. The second-order valence-corrected chi connectivity index (χ2v) is 4.30. The van der Waals surface area contributed by atoms with Gasteiger partial charge < -0.3 is 10.1 Å². The third-order valence-electron chi connectivity index (χ3n) is 2.54. The van der Waals surface area contributed by atoms with Crippen LogP contribution in [-0.4, -0.2) is 18.0 Å². The largest absolute Gasteiger partial charge is 0.497 e. The summed E-state index contributed by atoms with van der Waals surface area (Å²) < 4.78 is 5.11. The maximum absolute atomic E-state index is 11.8. The van der Waals surface area contributed by atoms with E-state index >= 15 is 0 Å². The van der Waals surface area contributed by atoms with E-state index in [1.807, 2.05) is 24.3 Å². The number of nitrogens with zero attached hydrogens (tertiary/aromatic N) is 1. The highest BCUT2D eigenvalue weighted by Crippen LogP contribution is 2.17. The van der Waals surface area contributed by atoms with Crippen LogP contribution in [0.1, 0.15) is 5.56 Å². The Morgan fingerprint density at radius 2 is 2.20 bits per heavy atom. The fraction of sp³-hybridized carbons (Fsp3) is 0.0667. The molecular weight excluding hydrogens is 276 g/mol. The molecule has 1 heterocycles. The Morgan fingerprint density at radius 3 is 2.95 bits per heavy atom. The van der Waals surface area contributed by atoms with Crippen molar-refractivity contribution in [3.05, 3.63) is 59.4 Å². The number of pyridine rings is 1. The number of rotatable bonds is 4. The van der Waals surface area contributed by atoms with Crippen molar-refractivity contribution in [1.29, 1.82) is 0 Å². The Morgan fingerprint density at radius 1 is 1.35 bits per heavy atom. The van der Waals surface area contributed by atoms with Crippen LogP contribution >= 0.6 is 11.6 Å². The molecule has 0 bridgehead atoms. The minimum Gasteiger partial charge on any atom is -0.497 e. The molecule has 0 saturated carbocycles. The molecule has 0 aliphatic heterocycles. The summed E-state index contributed by atoms with van der Waals surface area (Å²) in [5, 5.41) is 2.92. The normalized spacial score (nSPS) is 10.5. The SMILES string of the molecule is COc1cccc(/C=C/C(=O)Nc2cccnc2Cl)c1. The van der Waals surface area contributed by atoms with Gasteiger partial charge in [0.05, 0.1) is 12.8 Å². The van der Waals surface area contributed by atoms with Crippen molar-refractivity contribution in [2.75, 3.05) is 12.4 Å². The number of anilines is 1. The standard InChI is InChI=1S/C15H13ClN2O2/c1-20-12-5-2-4-11(10-12)7-8-14(19)18-13-6-3-9-17-15(13)16/h2-10H,1H3,(H,18,19)/b8-7+. The summed E-state index contributed by atoms with van der Waals surface area (Å²) in [5.74, 6) is 0.464. The summed E-state index contributed by atoms with van der Waals surface area (Å²) in [6.07, 6.45) is 4.68. The smallest absolute Gasteiger partial charge is 0.248 e. The maximum atomic E-state index is 11.8. The fourth-order valence-electron chi connectivity index (χ4n) is 1.57. The van der Waals surface area contributed by atoms with Crippen LogP contribution < -0.4 is 10.1 Å². The molecule has 1 N–H and O–H groups in total. The number of hydrogen-bond donors (Lipinski definition) is 1. The zero-order valence-corrected chi connectivity index (χ0v) is 11.6. The van der Waals surface area contributed by atoms with Gasteiger partial charge in [0.25, 0.3) is 0 Å². The van der Waals surface area contributed by atoms with Crippen molar-refractivity contribution in [1.82, 2.24) is 4.98 Å². The van der Waals surface area contributed by atoms with E-state index in [0.29, 0.717) is 5.69 Å².